The van der Waals surface area contributed by atoms with E-state index in [0.29, 0.717) is 0 Å². The van der Waals surface area contributed by atoms with Crippen LogP contribution in [0.2, 0.25) is 0 Å². The second kappa shape index (κ2) is 9.13. The predicted molar refractivity (Wildman–Crippen MR) is 113 cm³/mol. The summed E-state index contributed by atoms with van der Waals surface area (Å²) < 4.78 is 10.6. The fourth-order valence-corrected chi connectivity index (χ4v) is 3.10. The Morgan fingerprint density at radius 1 is 0.630 bits per heavy atom. The third-order valence-electron chi connectivity index (χ3n) is 4.67. The Morgan fingerprint density at radius 3 is 1.41 bits per heavy atom. The van der Waals surface area contributed by atoms with E-state index in [1.807, 2.05) is 24.3 Å². The zero-order valence-electron chi connectivity index (χ0n) is 16.3. The number of nitrogens with zero attached hydrogens (tertiary/aromatic N) is 1. The highest BCUT2D eigenvalue weighted by Gasteiger charge is 2.13. The summed E-state index contributed by atoms with van der Waals surface area (Å²) in [7, 11) is 3.37. The highest BCUT2D eigenvalue weighted by atomic mass is 16.5. The van der Waals surface area contributed by atoms with Gasteiger partial charge in [0.2, 0.25) is 0 Å². The van der Waals surface area contributed by atoms with Gasteiger partial charge >= 0.3 is 0 Å². The van der Waals surface area contributed by atoms with E-state index in [-0.39, 0.29) is 0 Å². The molecule has 0 amide bonds. The number of anilines is 3. The van der Waals surface area contributed by atoms with E-state index in [2.05, 4.69) is 60.4 Å². The molecule has 3 heteroatoms. The molecule has 27 heavy (non-hydrogen) atoms. The normalized spacial score (nSPS) is 10.5. The van der Waals surface area contributed by atoms with Crippen LogP contribution >= 0.6 is 0 Å². The van der Waals surface area contributed by atoms with Crippen LogP contribution in [0.3, 0.4) is 0 Å². The molecule has 0 aliphatic rings. The minimum atomic E-state index is 0.850. The monoisotopic (exact) mass is 361 g/mol. The maximum atomic E-state index is 5.31. The lowest BCUT2D eigenvalue weighted by Gasteiger charge is -2.26. The Bertz CT molecular complexity index is 776. The molecule has 0 atom stereocenters. The molecular formula is C24H27NO2. The van der Waals surface area contributed by atoms with E-state index in [4.69, 9.17) is 9.47 Å². The lowest BCUT2D eigenvalue weighted by Crippen LogP contribution is -2.10. The van der Waals surface area contributed by atoms with Crippen molar-refractivity contribution in [2.45, 2.75) is 26.2 Å². The quantitative estimate of drug-likeness (QED) is 0.456. The van der Waals surface area contributed by atoms with Crippen molar-refractivity contribution in [3.63, 3.8) is 0 Å². The first-order valence-electron chi connectivity index (χ1n) is 9.42. The standard InChI is InChI=1S/C24H27NO2/c1-4-5-6-19-7-9-20(10-8-19)25(21-11-15-23(26-2)16-12-21)22-13-17-24(27-3)18-14-22/h7-18H,4-6H2,1-3H3. The van der Waals surface area contributed by atoms with Crippen molar-refractivity contribution < 1.29 is 9.47 Å². The van der Waals surface area contributed by atoms with Crippen LogP contribution in [0.4, 0.5) is 17.1 Å². The van der Waals surface area contributed by atoms with Gasteiger partial charge in [0, 0.05) is 17.1 Å². The maximum Gasteiger partial charge on any atom is 0.119 e. The molecule has 0 spiro atoms. The number of unbranched alkanes of at least 4 members (excludes halogenated alkanes) is 1. The number of rotatable bonds is 8. The molecule has 0 aliphatic heterocycles. The van der Waals surface area contributed by atoms with Crippen molar-refractivity contribution in [1.29, 1.82) is 0 Å². The minimum Gasteiger partial charge on any atom is -0.497 e. The molecule has 3 aromatic rings. The van der Waals surface area contributed by atoms with Gasteiger partial charge in [-0.25, -0.2) is 0 Å². The van der Waals surface area contributed by atoms with Crippen molar-refractivity contribution in [3.8, 4) is 11.5 Å². The van der Waals surface area contributed by atoms with Gasteiger partial charge in [0.15, 0.2) is 0 Å². The summed E-state index contributed by atoms with van der Waals surface area (Å²) in [6, 6.07) is 25.1. The number of hydrogen-bond acceptors (Lipinski definition) is 3. The van der Waals surface area contributed by atoms with Gasteiger partial charge in [0.25, 0.3) is 0 Å². The molecule has 3 aromatic carbocycles. The van der Waals surface area contributed by atoms with Crippen LogP contribution in [0.1, 0.15) is 25.3 Å². The van der Waals surface area contributed by atoms with Crippen LogP contribution in [0, 0.1) is 0 Å². The predicted octanol–water partition coefficient (Wildman–Crippen LogP) is 6.52. The zero-order valence-corrected chi connectivity index (χ0v) is 16.3. The number of aryl methyl sites for hydroxylation is 1. The molecule has 0 aromatic heterocycles. The van der Waals surface area contributed by atoms with Gasteiger partial charge < -0.3 is 14.4 Å². The average Bonchev–Trinajstić information content (AvgIpc) is 2.74. The van der Waals surface area contributed by atoms with Gasteiger partial charge in [-0.1, -0.05) is 25.5 Å². The molecule has 0 heterocycles. The van der Waals surface area contributed by atoms with Crippen LogP contribution < -0.4 is 14.4 Å². The fraction of sp³-hybridized carbons (Fsp3) is 0.250. The second-order valence-electron chi connectivity index (χ2n) is 6.50. The summed E-state index contributed by atoms with van der Waals surface area (Å²) in [6.45, 7) is 2.23. The minimum absolute atomic E-state index is 0.850. The maximum absolute atomic E-state index is 5.31. The van der Waals surface area contributed by atoms with E-state index in [9.17, 15) is 0 Å². The van der Waals surface area contributed by atoms with Crippen molar-refractivity contribution >= 4 is 17.1 Å². The van der Waals surface area contributed by atoms with E-state index in [1.165, 1.54) is 18.4 Å². The lowest BCUT2D eigenvalue weighted by molar-refractivity contribution is 0.415. The molecular weight excluding hydrogens is 334 g/mol. The SMILES string of the molecule is CCCCc1ccc(N(c2ccc(OC)cc2)c2ccc(OC)cc2)cc1. The van der Waals surface area contributed by atoms with Crippen LogP contribution in [-0.2, 0) is 6.42 Å². The number of ether oxygens (including phenoxy) is 2. The highest BCUT2D eigenvalue weighted by molar-refractivity contribution is 5.77. The van der Waals surface area contributed by atoms with Crippen LogP contribution in [0.5, 0.6) is 11.5 Å². The first kappa shape index (κ1) is 18.8. The smallest absolute Gasteiger partial charge is 0.119 e. The third-order valence-corrected chi connectivity index (χ3v) is 4.67. The summed E-state index contributed by atoms with van der Waals surface area (Å²) in [5.41, 5.74) is 4.68. The molecule has 0 bridgehead atoms. The lowest BCUT2D eigenvalue weighted by atomic mass is 10.1. The topological polar surface area (TPSA) is 21.7 Å². The summed E-state index contributed by atoms with van der Waals surface area (Å²) in [4.78, 5) is 2.24. The molecule has 3 rings (SSSR count). The molecule has 0 saturated carbocycles. The van der Waals surface area contributed by atoms with Gasteiger partial charge in [-0.15, -0.1) is 0 Å². The number of benzene rings is 3. The molecule has 0 fully saturated rings. The second-order valence-corrected chi connectivity index (χ2v) is 6.50. The molecule has 0 aliphatic carbocycles. The van der Waals surface area contributed by atoms with Gasteiger partial charge in [0.1, 0.15) is 11.5 Å². The number of hydrogen-bond donors (Lipinski definition) is 0. The van der Waals surface area contributed by atoms with Crippen LogP contribution in [0.15, 0.2) is 72.8 Å². The Hall–Kier alpha value is -2.94. The van der Waals surface area contributed by atoms with E-state index >= 15 is 0 Å². The summed E-state index contributed by atoms with van der Waals surface area (Å²) in [5.74, 6) is 1.70. The first-order chi connectivity index (χ1) is 13.2. The molecule has 140 valence electrons. The van der Waals surface area contributed by atoms with E-state index < -0.39 is 0 Å². The summed E-state index contributed by atoms with van der Waals surface area (Å²) in [5, 5.41) is 0. The average molecular weight is 361 g/mol. The van der Waals surface area contributed by atoms with Crippen molar-refractivity contribution in [2.75, 3.05) is 19.1 Å². The Kier molecular flexibility index (Phi) is 6.37. The molecule has 0 unspecified atom stereocenters. The van der Waals surface area contributed by atoms with Crippen molar-refractivity contribution in [3.05, 3.63) is 78.4 Å². The highest BCUT2D eigenvalue weighted by Crippen LogP contribution is 2.36. The molecule has 0 saturated heterocycles. The third kappa shape index (κ3) is 4.62. The van der Waals surface area contributed by atoms with Gasteiger partial charge in [0.05, 0.1) is 14.2 Å². The number of methoxy groups -OCH3 is 2. The molecule has 0 N–H and O–H groups in total. The Labute approximate surface area is 162 Å². The van der Waals surface area contributed by atoms with Crippen molar-refractivity contribution in [2.24, 2.45) is 0 Å². The fourth-order valence-electron chi connectivity index (χ4n) is 3.10. The van der Waals surface area contributed by atoms with Crippen LogP contribution in [0.25, 0.3) is 0 Å². The summed E-state index contributed by atoms with van der Waals surface area (Å²) in [6.07, 6.45) is 3.56. The largest absolute Gasteiger partial charge is 0.497 e. The first-order valence-corrected chi connectivity index (χ1v) is 9.42. The van der Waals surface area contributed by atoms with E-state index in [0.717, 1.165) is 35.0 Å². The van der Waals surface area contributed by atoms with Crippen LogP contribution in [-0.4, -0.2) is 14.2 Å². The Balaban J connectivity index is 1.97. The summed E-state index contributed by atoms with van der Waals surface area (Å²) >= 11 is 0. The van der Waals surface area contributed by atoms with Gasteiger partial charge in [-0.2, -0.15) is 0 Å². The Morgan fingerprint density at radius 2 is 1.04 bits per heavy atom. The van der Waals surface area contributed by atoms with Crippen molar-refractivity contribution in [1.82, 2.24) is 0 Å². The van der Waals surface area contributed by atoms with E-state index in [1.54, 1.807) is 14.2 Å². The van der Waals surface area contributed by atoms with Gasteiger partial charge in [-0.3, -0.25) is 0 Å². The molecule has 0 radical (unpaired) electrons. The van der Waals surface area contributed by atoms with Gasteiger partial charge in [-0.05, 0) is 79.1 Å². The molecule has 3 nitrogen and oxygen atoms in total. The zero-order chi connectivity index (χ0) is 19.1.